The number of nitriles is 1. The van der Waals surface area contributed by atoms with Gasteiger partial charge in [0, 0.05) is 0 Å². The summed E-state index contributed by atoms with van der Waals surface area (Å²) in [6, 6.07) is 3.51. The molecule has 2 aromatic heterocycles. The second-order valence-corrected chi connectivity index (χ2v) is 3.52. The Balaban J connectivity index is 2.86. The molecule has 0 fully saturated rings. The van der Waals surface area contributed by atoms with Gasteiger partial charge < -0.3 is 10.2 Å². The minimum absolute atomic E-state index is 0.0987. The van der Waals surface area contributed by atoms with Crippen LogP contribution in [-0.4, -0.2) is 19.8 Å². The first-order valence-corrected chi connectivity index (χ1v) is 5.01. The van der Waals surface area contributed by atoms with Gasteiger partial charge in [-0.2, -0.15) is 14.9 Å². The summed E-state index contributed by atoms with van der Waals surface area (Å²) in [6.45, 7) is 1.93. The number of hydrogen-bond acceptors (Lipinski definition) is 4. The maximum atomic E-state index is 9.90. The van der Waals surface area contributed by atoms with Crippen LogP contribution in [0.3, 0.4) is 0 Å². The van der Waals surface area contributed by atoms with Crippen molar-refractivity contribution >= 4 is 5.52 Å². The van der Waals surface area contributed by atoms with Crippen molar-refractivity contribution in [1.29, 1.82) is 5.26 Å². The number of rotatable bonds is 2. The molecule has 82 valence electrons. The maximum absolute atomic E-state index is 9.90. The second kappa shape index (κ2) is 3.74. The highest BCUT2D eigenvalue weighted by Crippen LogP contribution is 2.33. The highest BCUT2D eigenvalue weighted by Gasteiger charge is 2.18. The number of hydrogen-bond donors (Lipinski definition) is 2. The van der Waals surface area contributed by atoms with Crippen LogP contribution in [0.1, 0.15) is 24.5 Å². The van der Waals surface area contributed by atoms with Gasteiger partial charge in [0.1, 0.15) is 17.4 Å². The van der Waals surface area contributed by atoms with Gasteiger partial charge in [-0.3, -0.25) is 0 Å². The Bertz CT molecular complexity index is 581. The van der Waals surface area contributed by atoms with Gasteiger partial charge in [-0.25, -0.2) is 0 Å². The van der Waals surface area contributed by atoms with Gasteiger partial charge in [0.25, 0.3) is 0 Å². The summed E-state index contributed by atoms with van der Waals surface area (Å²) in [5, 5.41) is 32.7. The molecule has 0 spiro atoms. The first-order chi connectivity index (χ1) is 7.70. The van der Waals surface area contributed by atoms with E-state index in [-0.39, 0.29) is 17.2 Å². The SMILES string of the molecule is CCCc1c(O)c(C#N)c2ccnn2c1O. The first kappa shape index (κ1) is 10.3. The molecule has 0 radical (unpaired) electrons. The van der Waals surface area contributed by atoms with E-state index in [2.05, 4.69) is 5.10 Å². The fraction of sp³-hybridized carbons (Fsp3) is 0.273. The minimum atomic E-state index is -0.144. The van der Waals surface area contributed by atoms with Gasteiger partial charge in [0.05, 0.1) is 17.3 Å². The summed E-state index contributed by atoms with van der Waals surface area (Å²) < 4.78 is 1.27. The van der Waals surface area contributed by atoms with E-state index in [0.717, 1.165) is 6.42 Å². The fourth-order valence-electron chi connectivity index (χ4n) is 1.76. The van der Waals surface area contributed by atoms with Crippen LogP contribution in [0.2, 0.25) is 0 Å². The summed E-state index contributed by atoms with van der Waals surface area (Å²) in [5.74, 6) is -0.242. The van der Waals surface area contributed by atoms with E-state index in [1.807, 2.05) is 13.0 Å². The molecule has 0 saturated carbocycles. The molecule has 0 unspecified atom stereocenters. The molecule has 0 aliphatic heterocycles. The minimum Gasteiger partial charge on any atom is -0.506 e. The summed E-state index contributed by atoms with van der Waals surface area (Å²) in [4.78, 5) is 0. The molecule has 0 aromatic carbocycles. The quantitative estimate of drug-likeness (QED) is 0.799. The molecule has 0 aliphatic carbocycles. The number of aromatic nitrogens is 2. The van der Waals surface area contributed by atoms with Gasteiger partial charge in [-0.15, -0.1) is 0 Å². The largest absolute Gasteiger partial charge is 0.506 e. The van der Waals surface area contributed by atoms with Crippen LogP contribution >= 0.6 is 0 Å². The third kappa shape index (κ3) is 1.27. The van der Waals surface area contributed by atoms with Crippen LogP contribution in [0, 0.1) is 11.3 Å². The van der Waals surface area contributed by atoms with Crippen molar-refractivity contribution in [2.75, 3.05) is 0 Å². The van der Waals surface area contributed by atoms with Crippen molar-refractivity contribution in [3.63, 3.8) is 0 Å². The predicted octanol–water partition coefficient (Wildman–Crippen LogP) is 1.57. The zero-order valence-corrected chi connectivity index (χ0v) is 8.80. The standard InChI is InChI=1S/C11H11N3O2/c1-2-3-7-10(15)8(6-12)9-4-5-13-14(9)11(7)16/h4-5,15-16H,2-3H2,1H3. The van der Waals surface area contributed by atoms with Crippen LogP contribution in [0.4, 0.5) is 0 Å². The molecule has 16 heavy (non-hydrogen) atoms. The van der Waals surface area contributed by atoms with Crippen molar-refractivity contribution < 1.29 is 10.2 Å². The number of fused-ring (bicyclic) bond motifs is 1. The summed E-state index contributed by atoms with van der Waals surface area (Å²) >= 11 is 0. The van der Waals surface area contributed by atoms with Gasteiger partial charge in [0.15, 0.2) is 0 Å². The molecule has 0 aliphatic rings. The zero-order valence-electron chi connectivity index (χ0n) is 8.80. The molecule has 2 rings (SSSR count). The molecular weight excluding hydrogens is 206 g/mol. The Kier molecular flexibility index (Phi) is 2.41. The third-order valence-electron chi connectivity index (χ3n) is 2.50. The molecule has 0 atom stereocenters. The van der Waals surface area contributed by atoms with Crippen LogP contribution in [0.5, 0.6) is 11.6 Å². The van der Waals surface area contributed by atoms with Crippen LogP contribution < -0.4 is 0 Å². The predicted molar refractivity (Wildman–Crippen MR) is 57.2 cm³/mol. The average Bonchev–Trinajstić information content (AvgIpc) is 2.74. The van der Waals surface area contributed by atoms with Gasteiger partial charge in [-0.05, 0) is 12.5 Å². The van der Waals surface area contributed by atoms with E-state index in [4.69, 9.17) is 5.26 Å². The van der Waals surface area contributed by atoms with Crippen molar-refractivity contribution in [1.82, 2.24) is 9.61 Å². The molecule has 2 heterocycles. The Morgan fingerprint density at radius 3 is 2.88 bits per heavy atom. The van der Waals surface area contributed by atoms with Gasteiger partial charge in [0.2, 0.25) is 5.88 Å². The van der Waals surface area contributed by atoms with E-state index in [0.29, 0.717) is 17.5 Å². The lowest BCUT2D eigenvalue weighted by molar-refractivity contribution is 0.410. The highest BCUT2D eigenvalue weighted by atomic mass is 16.3. The highest BCUT2D eigenvalue weighted by molar-refractivity contribution is 5.69. The lowest BCUT2D eigenvalue weighted by atomic mass is 10.1. The molecular formula is C11H11N3O2. The summed E-state index contributed by atoms with van der Waals surface area (Å²) in [7, 11) is 0. The number of nitrogens with zero attached hydrogens (tertiary/aromatic N) is 3. The van der Waals surface area contributed by atoms with Crippen molar-refractivity contribution in [3.8, 4) is 17.7 Å². The molecule has 0 saturated heterocycles. The fourth-order valence-corrected chi connectivity index (χ4v) is 1.76. The summed E-state index contributed by atoms with van der Waals surface area (Å²) in [6.07, 6.45) is 2.74. The molecule has 2 N–H and O–H groups in total. The summed E-state index contributed by atoms with van der Waals surface area (Å²) in [5.41, 5.74) is 0.936. The van der Waals surface area contributed by atoms with Crippen molar-refractivity contribution in [3.05, 3.63) is 23.4 Å². The number of aromatic hydroxyl groups is 2. The van der Waals surface area contributed by atoms with Crippen LogP contribution in [-0.2, 0) is 6.42 Å². The van der Waals surface area contributed by atoms with Crippen molar-refractivity contribution in [2.24, 2.45) is 0 Å². The van der Waals surface area contributed by atoms with Gasteiger partial charge >= 0.3 is 0 Å². The van der Waals surface area contributed by atoms with E-state index in [1.54, 1.807) is 6.07 Å². The monoisotopic (exact) mass is 217 g/mol. The van der Waals surface area contributed by atoms with E-state index in [9.17, 15) is 10.2 Å². The number of pyridine rings is 1. The topological polar surface area (TPSA) is 81.5 Å². The maximum Gasteiger partial charge on any atom is 0.219 e. The smallest absolute Gasteiger partial charge is 0.219 e. The Hall–Kier alpha value is -2.22. The van der Waals surface area contributed by atoms with Crippen molar-refractivity contribution in [2.45, 2.75) is 19.8 Å². The zero-order chi connectivity index (χ0) is 11.7. The normalized spacial score (nSPS) is 10.5. The lowest BCUT2D eigenvalue weighted by Gasteiger charge is -2.09. The Labute approximate surface area is 92.2 Å². The van der Waals surface area contributed by atoms with E-state index in [1.165, 1.54) is 10.7 Å². The van der Waals surface area contributed by atoms with E-state index < -0.39 is 0 Å². The van der Waals surface area contributed by atoms with Crippen LogP contribution in [0.15, 0.2) is 12.3 Å². The lowest BCUT2D eigenvalue weighted by Crippen LogP contribution is -1.98. The third-order valence-corrected chi connectivity index (χ3v) is 2.50. The van der Waals surface area contributed by atoms with Gasteiger partial charge in [-0.1, -0.05) is 13.3 Å². The average molecular weight is 217 g/mol. The molecule has 0 bridgehead atoms. The Morgan fingerprint density at radius 1 is 1.50 bits per heavy atom. The molecule has 2 aromatic rings. The second-order valence-electron chi connectivity index (χ2n) is 3.52. The molecule has 5 nitrogen and oxygen atoms in total. The van der Waals surface area contributed by atoms with Crippen LogP contribution in [0.25, 0.3) is 5.52 Å². The molecule has 0 amide bonds. The first-order valence-electron chi connectivity index (χ1n) is 5.01. The Morgan fingerprint density at radius 2 is 2.25 bits per heavy atom. The van der Waals surface area contributed by atoms with E-state index >= 15 is 0 Å². The molecule has 5 heteroatoms.